The third-order valence-electron chi connectivity index (χ3n) is 3.85. The Labute approximate surface area is 134 Å². The van der Waals surface area contributed by atoms with Gasteiger partial charge in [0.15, 0.2) is 0 Å². The lowest BCUT2D eigenvalue weighted by Gasteiger charge is -2.29. The lowest BCUT2D eigenvalue weighted by Crippen LogP contribution is -2.31. The number of ether oxygens (including phenoxy) is 2. The van der Waals surface area contributed by atoms with Gasteiger partial charge in [-0.15, -0.1) is 5.10 Å². The highest BCUT2D eigenvalue weighted by atomic mass is 16.5. The molecular weight excluding hydrogens is 292 g/mol. The number of aromatic amines is 1. The molecule has 6 heteroatoms. The van der Waals surface area contributed by atoms with Crippen LogP contribution in [0.5, 0.6) is 11.6 Å². The van der Waals surface area contributed by atoms with Crippen molar-refractivity contribution in [2.24, 2.45) is 5.92 Å². The highest BCUT2D eigenvalue weighted by Crippen LogP contribution is 2.45. The fourth-order valence-corrected chi connectivity index (χ4v) is 2.91. The molecule has 1 aromatic heterocycles. The van der Waals surface area contributed by atoms with Crippen molar-refractivity contribution in [3.63, 3.8) is 0 Å². The number of hydrogen-bond acceptors (Lipinski definition) is 5. The molecule has 2 atom stereocenters. The summed E-state index contributed by atoms with van der Waals surface area (Å²) in [6, 6.07) is 9.82. The van der Waals surface area contributed by atoms with Crippen LogP contribution in [0.1, 0.15) is 36.6 Å². The minimum absolute atomic E-state index is 0.0147. The topological polar surface area (TPSA) is 94.8 Å². The molecular formula is C17H18N4O2. The number of nitrogens with one attached hydrogen (secondary N) is 2. The maximum absolute atomic E-state index is 9.58. The summed E-state index contributed by atoms with van der Waals surface area (Å²) in [6.45, 7) is 5.80. The van der Waals surface area contributed by atoms with Gasteiger partial charge in [0.05, 0.1) is 12.2 Å². The van der Waals surface area contributed by atoms with E-state index in [1.54, 1.807) is 0 Å². The summed E-state index contributed by atoms with van der Waals surface area (Å²) in [5.41, 5.74) is 2.51. The highest BCUT2D eigenvalue weighted by molar-refractivity contribution is 5.85. The minimum atomic E-state index is -0.712. The van der Waals surface area contributed by atoms with Crippen LogP contribution in [0.15, 0.2) is 24.3 Å². The summed E-state index contributed by atoms with van der Waals surface area (Å²) in [6.07, 6.45) is 0.0147. The molecule has 2 heterocycles. The molecule has 0 fully saturated rings. The maximum Gasteiger partial charge on any atom is 0.243 e. The molecule has 0 spiro atoms. The lowest BCUT2D eigenvalue weighted by molar-refractivity contribution is 0.238. The summed E-state index contributed by atoms with van der Waals surface area (Å²) in [5.74, 6) is -0.0612. The summed E-state index contributed by atoms with van der Waals surface area (Å²) in [7, 11) is 0. The highest BCUT2D eigenvalue weighted by Gasteiger charge is 2.41. The van der Waals surface area contributed by atoms with Crippen LogP contribution in [0.4, 0.5) is 0 Å². The third kappa shape index (κ3) is 2.55. The third-order valence-corrected chi connectivity index (χ3v) is 3.85. The fourth-order valence-electron chi connectivity index (χ4n) is 2.91. The average Bonchev–Trinajstić information content (AvgIpc) is 2.87. The smallest absolute Gasteiger partial charge is 0.243 e. The Hall–Kier alpha value is -2.81. The summed E-state index contributed by atoms with van der Waals surface area (Å²) >= 11 is 0. The molecule has 2 unspecified atom stereocenters. The normalized spacial score (nSPS) is 19.9. The summed E-state index contributed by atoms with van der Waals surface area (Å²) < 4.78 is 11.3. The molecule has 0 radical (unpaired) electrons. The molecule has 2 N–H and O–H groups in total. The van der Waals surface area contributed by atoms with Crippen LogP contribution >= 0.6 is 0 Å². The Morgan fingerprint density at radius 2 is 2.13 bits per heavy atom. The number of nitrogens with zero attached hydrogens (tertiary/aromatic N) is 2. The van der Waals surface area contributed by atoms with Gasteiger partial charge in [0.25, 0.3) is 0 Å². The van der Waals surface area contributed by atoms with Gasteiger partial charge in [0.2, 0.25) is 11.8 Å². The Morgan fingerprint density at radius 1 is 1.39 bits per heavy atom. The van der Waals surface area contributed by atoms with Gasteiger partial charge in [0.1, 0.15) is 11.7 Å². The van der Waals surface area contributed by atoms with E-state index < -0.39 is 5.92 Å². The molecule has 1 aromatic carbocycles. The molecule has 0 aliphatic carbocycles. The Balaban J connectivity index is 2.19. The van der Waals surface area contributed by atoms with Crippen LogP contribution in [0, 0.1) is 29.6 Å². The molecule has 3 rings (SSSR count). The van der Waals surface area contributed by atoms with Gasteiger partial charge in [-0.05, 0) is 26.8 Å². The van der Waals surface area contributed by atoms with E-state index in [4.69, 9.17) is 14.9 Å². The summed E-state index contributed by atoms with van der Waals surface area (Å²) in [5, 5.41) is 24.6. The molecule has 1 aliphatic heterocycles. The second-order valence-corrected chi connectivity index (χ2v) is 5.82. The second kappa shape index (κ2) is 5.76. The molecule has 0 saturated heterocycles. The SMILES string of the molecule is Cc1[nH]nc2c1C(c1ccccc1OC(C)C)C(C#N)C(=N)O2. The molecule has 23 heavy (non-hydrogen) atoms. The van der Waals surface area contributed by atoms with E-state index >= 15 is 0 Å². The van der Waals surface area contributed by atoms with Gasteiger partial charge < -0.3 is 9.47 Å². The summed E-state index contributed by atoms with van der Waals surface area (Å²) in [4.78, 5) is 0. The van der Waals surface area contributed by atoms with Gasteiger partial charge in [0, 0.05) is 22.7 Å². The van der Waals surface area contributed by atoms with E-state index in [0.717, 1.165) is 16.8 Å². The van der Waals surface area contributed by atoms with E-state index in [2.05, 4.69) is 16.3 Å². The van der Waals surface area contributed by atoms with Crippen LogP contribution in [0.2, 0.25) is 0 Å². The zero-order valence-corrected chi connectivity index (χ0v) is 13.3. The van der Waals surface area contributed by atoms with Gasteiger partial charge in [-0.1, -0.05) is 18.2 Å². The van der Waals surface area contributed by atoms with E-state index in [1.807, 2.05) is 45.0 Å². The van der Waals surface area contributed by atoms with E-state index in [-0.39, 0.29) is 17.9 Å². The zero-order valence-electron chi connectivity index (χ0n) is 13.3. The predicted octanol–water partition coefficient (Wildman–Crippen LogP) is 3.15. The number of nitriles is 1. The van der Waals surface area contributed by atoms with Crippen molar-refractivity contribution in [3.05, 3.63) is 41.1 Å². The average molecular weight is 310 g/mol. The Morgan fingerprint density at radius 3 is 2.83 bits per heavy atom. The van der Waals surface area contributed by atoms with Crippen molar-refractivity contribution >= 4 is 5.90 Å². The molecule has 1 aliphatic rings. The lowest BCUT2D eigenvalue weighted by atomic mass is 9.79. The van der Waals surface area contributed by atoms with Crippen molar-refractivity contribution in [2.75, 3.05) is 0 Å². The molecule has 2 aromatic rings. The number of H-pyrrole nitrogens is 1. The van der Waals surface area contributed by atoms with Gasteiger partial charge in [-0.2, -0.15) is 5.26 Å². The van der Waals surface area contributed by atoms with Crippen LogP contribution in [0.25, 0.3) is 0 Å². The molecule has 118 valence electrons. The first-order valence-corrected chi connectivity index (χ1v) is 7.49. The van der Waals surface area contributed by atoms with Crippen LogP contribution < -0.4 is 9.47 Å². The largest absolute Gasteiger partial charge is 0.491 e. The van der Waals surface area contributed by atoms with Crippen molar-refractivity contribution in [1.29, 1.82) is 10.7 Å². The number of aryl methyl sites for hydroxylation is 1. The maximum atomic E-state index is 9.58. The van der Waals surface area contributed by atoms with Gasteiger partial charge in [-0.3, -0.25) is 10.5 Å². The fraction of sp³-hybridized carbons (Fsp3) is 0.353. The van der Waals surface area contributed by atoms with Gasteiger partial charge >= 0.3 is 0 Å². The monoisotopic (exact) mass is 310 g/mol. The number of hydrogen-bond donors (Lipinski definition) is 2. The standard InChI is InChI=1S/C17H18N4O2/c1-9(2)22-13-7-5-4-6-11(13)15-12(8-18)16(19)23-17-14(15)10(3)20-21-17/h4-7,9,12,15,19H,1-3H3,(H,20,21). The quantitative estimate of drug-likeness (QED) is 0.910. The molecule has 6 nitrogen and oxygen atoms in total. The Bertz CT molecular complexity index is 788. The van der Waals surface area contributed by atoms with E-state index in [0.29, 0.717) is 11.6 Å². The number of aromatic nitrogens is 2. The minimum Gasteiger partial charge on any atom is -0.491 e. The van der Waals surface area contributed by atoms with Crippen molar-refractivity contribution in [2.45, 2.75) is 32.8 Å². The van der Waals surface area contributed by atoms with E-state index in [1.165, 1.54) is 0 Å². The first-order valence-electron chi connectivity index (χ1n) is 7.49. The number of rotatable bonds is 3. The van der Waals surface area contributed by atoms with Crippen molar-refractivity contribution in [1.82, 2.24) is 10.2 Å². The van der Waals surface area contributed by atoms with Gasteiger partial charge in [-0.25, -0.2) is 0 Å². The number of benzene rings is 1. The van der Waals surface area contributed by atoms with Crippen molar-refractivity contribution < 1.29 is 9.47 Å². The number of para-hydroxylation sites is 1. The zero-order chi connectivity index (χ0) is 16.6. The van der Waals surface area contributed by atoms with Crippen LogP contribution in [0.3, 0.4) is 0 Å². The molecule has 0 bridgehead atoms. The molecule has 0 amide bonds. The second-order valence-electron chi connectivity index (χ2n) is 5.82. The first kappa shape index (κ1) is 15.1. The number of fused-ring (bicyclic) bond motifs is 1. The van der Waals surface area contributed by atoms with Crippen LogP contribution in [-0.2, 0) is 0 Å². The predicted molar refractivity (Wildman–Crippen MR) is 84.8 cm³/mol. The van der Waals surface area contributed by atoms with E-state index in [9.17, 15) is 5.26 Å². The van der Waals surface area contributed by atoms with Crippen LogP contribution in [-0.4, -0.2) is 22.2 Å². The van der Waals surface area contributed by atoms with Crippen molar-refractivity contribution in [3.8, 4) is 17.7 Å². The Kier molecular flexibility index (Phi) is 3.78. The first-order chi connectivity index (χ1) is 11.0. The molecule has 0 saturated carbocycles.